The van der Waals surface area contributed by atoms with E-state index in [0.717, 1.165) is 19.5 Å². The number of rotatable bonds is 4. The predicted octanol–water partition coefficient (Wildman–Crippen LogP) is 1.13. The number of aliphatic hydroxyl groups excluding tert-OH is 2. The van der Waals surface area contributed by atoms with E-state index in [2.05, 4.69) is 29.2 Å². The molecule has 0 saturated carbocycles. The van der Waals surface area contributed by atoms with Crippen LogP contribution < -0.4 is 0 Å². The second-order valence-electron chi connectivity index (χ2n) is 4.41. The van der Waals surface area contributed by atoms with Crippen LogP contribution in [0.5, 0.6) is 0 Å². The van der Waals surface area contributed by atoms with Crippen molar-refractivity contribution in [3.63, 3.8) is 0 Å². The Bertz CT molecular complexity index is 364. The SMILES string of the molecule is OCC1C(O)CCN1CC=Cc1ccccc1. The van der Waals surface area contributed by atoms with Crippen molar-refractivity contribution in [1.29, 1.82) is 0 Å². The molecule has 0 bridgehead atoms. The van der Waals surface area contributed by atoms with Gasteiger partial charge in [-0.25, -0.2) is 0 Å². The van der Waals surface area contributed by atoms with Crippen LogP contribution in [0.3, 0.4) is 0 Å². The molecule has 2 N–H and O–H groups in total. The lowest BCUT2D eigenvalue weighted by Gasteiger charge is -2.22. The fourth-order valence-corrected chi connectivity index (χ4v) is 2.25. The smallest absolute Gasteiger partial charge is 0.0730 e. The van der Waals surface area contributed by atoms with Crippen molar-refractivity contribution in [3.8, 4) is 0 Å². The number of hydrogen-bond donors (Lipinski definition) is 2. The molecule has 2 unspecified atom stereocenters. The highest BCUT2D eigenvalue weighted by Gasteiger charge is 2.30. The van der Waals surface area contributed by atoms with Crippen molar-refractivity contribution >= 4 is 6.08 Å². The Morgan fingerprint density at radius 3 is 2.76 bits per heavy atom. The van der Waals surface area contributed by atoms with E-state index in [4.69, 9.17) is 0 Å². The first-order valence-corrected chi connectivity index (χ1v) is 6.06. The summed E-state index contributed by atoms with van der Waals surface area (Å²) in [6, 6.07) is 10.0. The topological polar surface area (TPSA) is 43.7 Å². The van der Waals surface area contributed by atoms with Crippen molar-refractivity contribution < 1.29 is 10.2 Å². The van der Waals surface area contributed by atoms with Gasteiger partial charge in [-0.3, -0.25) is 4.90 Å². The zero-order valence-electron chi connectivity index (χ0n) is 9.87. The summed E-state index contributed by atoms with van der Waals surface area (Å²) in [6.07, 6.45) is 4.52. The van der Waals surface area contributed by atoms with Crippen LogP contribution in [0.25, 0.3) is 6.08 Å². The summed E-state index contributed by atoms with van der Waals surface area (Å²) in [5, 5.41) is 18.8. The van der Waals surface area contributed by atoms with Gasteiger partial charge in [0.1, 0.15) is 0 Å². The molecule has 0 radical (unpaired) electrons. The van der Waals surface area contributed by atoms with Crippen LogP contribution in [-0.4, -0.2) is 47.0 Å². The van der Waals surface area contributed by atoms with Gasteiger partial charge in [0.2, 0.25) is 0 Å². The average molecular weight is 233 g/mol. The minimum atomic E-state index is -0.384. The van der Waals surface area contributed by atoms with E-state index in [1.54, 1.807) is 0 Å². The third-order valence-electron chi connectivity index (χ3n) is 3.26. The summed E-state index contributed by atoms with van der Waals surface area (Å²) in [5.74, 6) is 0. The first-order chi connectivity index (χ1) is 8.31. The highest BCUT2D eigenvalue weighted by atomic mass is 16.3. The molecule has 0 spiro atoms. The molecule has 1 aliphatic heterocycles. The van der Waals surface area contributed by atoms with E-state index in [1.807, 2.05) is 18.2 Å². The molecule has 0 aliphatic carbocycles. The zero-order valence-corrected chi connectivity index (χ0v) is 9.87. The Labute approximate surface area is 102 Å². The molecular formula is C14H19NO2. The molecular weight excluding hydrogens is 214 g/mol. The van der Waals surface area contributed by atoms with Gasteiger partial charge in [0.25, 0.3) is 0 Å². The Morgan fingerprint density at radius 2 is 2.06 bits per heavy atom. The third-order valence-corrected chi connectivity index (χ3v) is 3.26. The lowest BCUT2D eigenvalue weighted by atomic mass is 10.2. The molecule has 1 heterocycles. The van der Waals surface area contributed by atoms with Gasteiger partial charge in [-0.1, -0.05) is 42.5 Å². The standard InChI is InChI=1S/C14H19NO2/c16-11-13-14(17)8-10-15(13)9-4-7-12-5-2-1-3-6-12/h1-7,13-14,16-17H,8-11H2. The Hall–Kier alpha value is -1.16. The van der Waals surface area contributed by atoms with E-state index in [1.165, 1.54) is 5.56 Å². The predicted molar refractivity (Wildman–Crippen MR) is 68.5 cm³/mol. The Balaban J connectivity index is 1.88. The molecule has 1 saturated heterocycles. The number of benzene rings is 1. The highest BCUT2D eigenvalue weighted by molar-refractivity contribution is 5.48. The van der Waals surface area contributed by atoms with E-state index in [-0.39, 0.29) is 18.8 Å². The molecule has 92 valence electrons. The molecule has 0 aromatic heterocycles. The zero-order chi connectivity index (χ0) is 12.1. The average Bonchev–Trinajstić information content (AvgIpc) is 2.71. The second-order valence-corrected chi connectivity index (χ2v) is 4.41. The minimum absolute atomic E-state index is 0.0281. The lowest BCUT2D eigenvalue weighted by Crippen LogP contribution is -2.38. The van der Waals surface area contributed by atoms with Crippen molar-refractivity contribution in [3.05, 3.63) is 42.0 Å². The van der Waals surface area contributed by atoms with E-state index in [9.17, 15) is 10.2 Å². The molecule has 17 heavy (non-hydrogen) atoms. The molecule has 1 aliphatic rings. The van der Waals surface area contributed by atoms with Gasteiger partial charge in [0.05, 0.1) is 18.8 Å². The van der Waals surface area contributed by atoms with Crippen LogP contribution in [-0.2, 0) is 0 Å². The summed E-state index contributed by atoms with van der Waals surface area (Å²) in [6.45, 7) is 1.66. The van der Waals surface area contributed by atoms with Gasteiger partial charge in [-0.2, -0.15) is 0 Å². The van der Waals surface area contributed by atoms with Crippen molar-refractivity contribution in [2.75, 3.05) is 19.7 Å². The normalized spacial score (nSPS) is 25.8. The van der Waals surface area contributed by atoms with Crippen LogP contribution in [0.1, 0.15) is 12.0 Å². The number of nitrogens with zero attached hydrogens (tertiary/aromatic N) is 1. The summed E-state index contributed by atoms with van der Waals surface area (Å²) in [7, 11) is 0. The molecule has 1 aromatic carbocycles. The van der Waals surface area contributed by atoms with E-state index >= 15 is 0 Å². The molecule has 2 rings (SSSR count). The first kappa shape index (κ1) is 12.3. The van der Waals surface area contributed by atoms with Crippen LogP contribution in [0.2, 0.25) is 0 Å². The largest absolute Gasteiger partial charge is 0.395 e. The maximum atomic E-state index is 9.65. The van der Waals surface area contributed by atoms with E-state index < -0.39 is 0 Å². The minimum Gasteiger partial charge on any atom is -0.395 e. The summed E-state index contributed by atoms with van der Waals surface area (Å²) < 4.78 is 0. The molecule has 0 amide bonds. The van der Waals surface area contributed by atoms with Gasteiger partial charge in [-0.05, 0) is 12.0 Å². The van der Waals surface area contributed by atoms with Crippen LogP contribution in [0.4, 0.5) is 0 Å². The van der Waals surface area contributed by atoms with Crippen molar-refractivity contribution in [2.24, 2.45) is 0 Å². The van der Waals surface area contributed by atoms with Gasteiger partial charge in [0.15, 0.2) is 0 Å². The monoisotopic (exact) mass is 233 g/mol. The molecule has 2 atom stereocenters. The van der Waals surface area contributed by atoms with Crippen molar-refractivity contribution in [2.45, 2.75) is 18.6 Å². The maximum absolute atomic E-state index is 9.65. The number of aliphatic hydroxyl groups is 2. The van der Waals surface area contributed by atoms with Gasteiger partial charge in [0, 0.05) is 13.1 Å². The molecule has 1 aromatic rings. The summed E-state index contributed by atoms with van der Waals surface area (Å²) in [5.41, 5.74) is 1.17. The Morgan fingerprint density at radius 1 is 1.29 bits per heavy atom. The maximum Gasteiger partial charge on any atom is 0.0730 e. The van der Waals surface area contributed by atoms with Gasteiger partial charge < -0.3 is 10.2 Å². The second kappa shape index (κ2) is 5.96. The first-order valence-electron chi connectivity index (χ1n) is 6.06. The summed E-state index contributed by atoms with van der Waals surface area (Å²) >= 11 is 0. The van der Waals surface area contributed by atoms with E-state index in [0.29, 0.717) is 0 Å². The Kier molecular flexibility index (Phi) is 4.31. The quantitative estimate of drug-likeness (QED) is 0.819. The van der Waals surface area contributed by atoms with Crippen LogP contribution in [0.15, 0.2) is 36.4 Å². The van der Waals surface area contributed by atoms with Gasteiger partial charge in [-0.15, -0.1) is 0 Å². The molecule has 1 fully saturated rings. The molecule has 3 heteroatoms. The van der Waals surface area contributed by atoms with Crippen LogP contribution >= 0.6 is 0 Å². The van der Waals surface area contributed by atoms with Crippen LogP contribution in [0, 0.1) is 0 Å². The number of likely N-dealkylation sites (tertiary alicyclic amines) is 1. The highest BCUT2D eigenvalue weighted by Crippen LogP contribution is 2.17. The molecule has 3 nitrogen and oxygen atoms in total. The summed E-state index contributed by atoms with van der Waals surface area (Å²) in [4.78, 5) is 2.12. The fraction of sp³-hybridized carbons (Fsp3) is 0.429. The third kappa shape index (κ3) is 3.16. The lowest BCUT2D eigenvalue weighted by molar-refractivity contribution is 0.0765. The van der Waals surface area contributed by atoms with Gasteiger partial charge >= 0.3 is 0 Å². The van der Waals surface area contributed by atoms with Crippen molar-refractivity contribution in [1.82, 2.24) is 4.90 Å². The number of hydrogen-bond acceptors (Lipinski definition) is 3. The fourth-order valence-electron chi connectivity index (χ4n) is 2.25.